The molecule has 2 rings (SSSR count). The van der Waals surface area contributed by atoms with Gasteiger partial charge >= 0.3 is 0 Å². The molecule has 1 fully saturated rings. The van der Waals surface area contributed by atoms with Gasteiger partial charge in [-0.15, -0.1) is 0 Å². The molecular formula is C17H24F2N2O2. The van der Waals surface area contributed by atoms with E-state index in [1.807, 2.05) is 0 Å². The standard InChI is InChI=1S/C17H24F2N2O2/c1-12(13-4-6-20-7-5-13)10-17(22)21-8-9-23-14-2-3-15(18)16(19)11-14/h2-3,11-13,20H,4-10H2,1H3,(H,21,22). The van der Waals surface area contributed by atoms with Gasteiger partial charge < -0.3 is 15.4 Å². The molecule has 23 heavy (non-hydrogen) atoms. The van der Waals surface area contributed by atoms with Gasteiger partial charge in [0.15, 0.2) is 11.6 Å². The van der Waals surface area contributed by atoms with Gasteiger partial charge in [-0.3, -0.25) is 4.79 Å². The summed E-state index contributed by atoms with van der Waals surface area (Å²) in [5, 5.41) is 6.12. The zero-order valence-corrected chi connectivity index (χ0v) is 13.4. The van der Waals surface area contributed by atoms with Crippen LogP contribution in [0.2, 0.25) is 0 Å². The van der Waals surface area contributed by atoms with Crippen LogP contribution in [-0.4, -0.2) is 32.1 Å². The molecule has 0 aromatic heterocycles. The lowest BCUT2D eigenvalue weighted by molar-refractivity contribution is -0.122. The molecule has 1 aromatic carbocycles. The first-order valence-electron chi connectivity index (χ1n) is 8.11. The third-order valence-electron chi connectivity index (χ3n) is 4.28. The zero-order valence-electron chi connectivity index (χ0n) is 13.4. The molecule has 0 radical (unpaired) electrons. The van der Waals surface area contributed by atoms with Crippen molar-refractivity contribution in [3.63, 3.8) is 0 Å². The van der Waals surface area contributed by atoms with Crippen molar-refractivity contribution < 1.29 is 18.3 Å². The predicted octanol–water partition coefficient (Wildman–Crippen LogP) is 2.49. The van der Waals surface area contributed by atoms with Gasteiger partial charge in [-0.25, -0.2) is 8.78 Å². The maximum Gasteiger partial charge on any atom is 0.220 e. The first-order valence-corrected chi connectivity index (χ1v) is 8.11. The SMILES string of the molecule is CC(CC(=O)NCCOc1ccc(F)c(F)c1)C1CCNCC1. The molecule has 1 aliphatic rings. The normalized spacial score (nSPS) is 16.8. The number of hydrogen-bond donors (Lipinski definition) is 2. The molecule has 0 aliphatic carbocycles. The Morgan fingerprint density at radius 3 is 2.78 bits per heavy atom. The molecule has 1 atom stereocenters. The third kappa shape index (κ3) is 5.78. The van der Waals surface area contributed by atoms with E-state index in [0.29, 0.717) is 24.8 Å². The van der Waals surface area contributed by atoms with Crippen molar-refractivity contribution in [3.05, 3.63) is 29.8 Å². The number of piperidine rings is 1. The Labute approximate surface area is 135 Å². The lowest BCUT2D eigenvalue weighted by Gasteiger charge is -2.27. The van der Waals surface area contributed by atoms with Crippen molar-refractivity contribution in [2.75, 3.05) is 26.2 Å². The fourth-order valence-corrected chi connectivity index (χ4v) is 2.87. The van der Waals surface area contributed by atoms with Crippen LogP contribution in [0.4, 0.5) is 8.78 Å². The second-order valence-corrected chi connectivity index (χ2v) is 6.04. The zero-order chi connectivity index (χ0) is 16.7. The van der Waals surface area contributed by atoms with E-state index in [-0.39, 0.29) is 18.3 Å². The Kier molecular flexibility index (Phi) is 6.77. The van der Waals surface area contributed by atoms with Crippen molar-refractivity contribution >= 4 is 5.91 Å². The molecule has 1 amide bonds. The van der Waals surface area contributed by atoms with Crippen molar-refractivity contribution in [1.82, 2.24) is 10.6 Å². The van der Waals surface area contributed by atoms with E-state index in [9.17, 15) is 13.6 Å². The fraction of sp³-hybridized carbons (Fsp3) is 0.588. The van der Waals surface area contributed by atoms with Crippen LogP contribution < -0.4 is 15.4 Å². The minimum absolute atomic E-state index is 0.00455. The summed E-state index contributed by atoms with van der Waals surface area (Å²) in [6.45, 7) is 4.74. The van der Waals surface area contributed by atoms with E-state index in [1.165, 1.54) is 6.07 Å². The first-order chi connectivity index (χ1) is 11.1. The average Bonchev–Trinajstić information content (AvgIpc) is 2.55. The quantitative estimate of drug-likeness (QED) is 0.757. The molecule has 128 valence electrons. The van der Waals surface area contributed by atoms with Gasteiger partial charge in [0.2, 0.25) is 5.91 Å². The van der Waals surface area contributed by atoms with Gasteiger partial charge in [-0.05, 0) is 49.9 Å². The van der Waals surface area contributed by atoms with Crippen molar-refractivity contribution in [2.45, 2.75) is 26.2 Å². The molecule has 0 saturated carbocycles. The Hall–Kier alpha value is -1.69. The van der Waals surface area contributed by atoms with Crippen LogP contribution in [0.5, 0.6) is 5.75 Å². The van der Waals surface area contributed by atoms with E-state index in [0.717, 1.165) is 38.1 Å². The molecule has 0 spiro atoms. The number of carbonyl (C=O) groups is 1. The van der Waals surface area contributed by atoms with Gasteiger partial charge in [-0.2, -0.15) is 0 Å². The molecule has 6 heteroatoms. The number of benzene rings is 1. The smallest absolute Gasteiger partial charge is 0.220 e. The predicted molar refractivity (Wildman–Crippen MR) is 84.2 cm³/mol. The van der Waals surface area contributed by atoms with Crippen LogP contribution in [-0.2, 0) is 4.79 Å². The lowest BCUT2D eigenvalue weighted by atomic mass is 9.84. The van der Waals surface area contributed by atoms with Crippen LogP contribution in [0.3, 0.4) is 0 Å². The number of hydrogen-bond acceptors (Lipinski definition) is 3. The van der Waals surface area contributed by atoms with Gasteiger partial charge in [0.05, 0.1) is 6.54 Å². The monoisotopic (exact) mass is 326 g/mol. The van der Waals surface area contributed by atoms with E-state index in [1.54, 1.807) is 0 Å². The largest absolute Gasteiger partial charge is 0.492 e. The first kappa shape index (κ1) is 17.7. The highest BCUT2D eigenvalue weighted by atomic mass is 19.2. The Morgan fingerprint density at radius 1 is 1.35 bits per heavy atom. The Morgan fingerprint density at radius 2 is 2.09 bits per heavy atom. The molecule has 1 saturated heterocycles. The number of nitrogens with one attached hydrogen (secondary N) is 2. The van der Waals surface area contributed by atoms with Gasteiger partial charge in [-0.1, -0.05) is 6.92 Å². The maximum absolute atomic E-state index is 13.0. The van der Waals surface area contributed by atoms with Crippen LogP contribution >= 0.6 is 0 Å². The van der Waals surface area contributed by atoms with Gasteiger partial charge in [0.25, 0.3) is 0 Å². The molecule has 1 heterocycles. The van der Waals surface area contributed by atoms with E-state index >= 15 is 0 Å². The van der Waals surface area contributed by atoms with E-state index in [2.05, 4.69) is 17.6 Å². The lowest BCUT2D eigenvalue weighted by Crippen LogP contribution is -2.34. The minimum Gasteiger partial charge on any atom is -0.492 e. The molecule has 1 aromatic rings. The summed E-state index contributed by atoms with van der Waals surface area (Å²) < 4.78 is 31.1. The van der Waals surface area contributed by atoms with E-state index < -0.39 is 11.6 Å². The topological polar surface area (TPSA) is 50.4 Å². The second-order valence-electron chi connectivity index (χ2n) is 6.04. The van der Waals surface area contributed by atoms with E-state index in [4.69, 9.17) is 4.74 Å². The summed E-state index contributed by atoms with van der Waals surface area (Å²) >= 11 is 0. The number of rotatable bonds is 7. The minimum atomic E-state index is -0.942. The van der Waals surface area contributed by atoms with Crippen LogP contribution in [0, 0.1) is 23.5 Å². The van der Waals surface area contributed by atoms with Crippen molar-refractivity contribution in [2.24, 2.45) is 11.8 Å². The molecule has 2 N–H and O–H groups in total. The maximum atomic E-state index is 13.0. The van der Waals surface area contributed by atoms with Crippen LogP contribution in [0.1, 0.15) is 26.2 Å². The second kappa shape index (κ2) is 8.82. The summed E-state index contributed by atoms with van der Waals surface area (Å²) in [6, 6.07) is 3.37. The molecular weight excluding hydrogens is 302 g/mol. The Bertz CT molecular complexity index is 519. The van der Waals surface area contributed by atoms with Crippen molar-refractivity contribution in [3.8, 4) is 5.75 Å². The fourth-order valence-electron chi connectivity index (χ4n) is 2.87. The number of ether oxygens (including phenoxy) is 1. The number of carbonyl (C=O) groups excluding carboxylic acids is 1. The molecule has 0 bridgehead atoms. The van der Waals surface area contributed by atoms with Crippen molar-refractivity contribution in [1.29, 1.82) is 0 Å². The highest BCUT2D eigenvalue weighted by Crippen LogP contribution is 2.24. The van der Waals surface area contributed by atoms with Gasteiger partial charge in [0.1, 0.15) is 12.4 Å². The summed E-state index contributed by atoms with van der Waals surface area (Å²) in [5.74, 6) is -0.629. The molecule has 1 aliphatic heterocycles. The summed E-state index contributed by atoms with van der Waals surface area (Å²) in [4.78, 5) is 11.9. The summed E-state index contributed by atoms with van der Waals surface area (Å²) in [7, 11) is 0. The third-order valence-corrected chi connectivity index (χ3v) is 4.28. The number of halogens is 2. The average molecular weight is 326 g/mol. The number of amides is 1. The van der Waals surface area contributed by atoms with Crippen LogP contribution in [0.15, 0.2) is 18.2 Å². The summed E-state index contributed by atoms with van der Waals surface area (Å²) in [5.41, 5.74) is 0. The summed E-state index contributed by atoms with van der Waals surface area (Å²) in [6.07, 6.45) is 2.75. The molecule has 1 unspecified atom stereocenters. The van der Waals surface area contributed by atoms with Gasteiger partial charge in [0, 0.05) is 12.5 Å². The Balaban J connectivity index is 1.63. The van der Waals surface area contributed by atoms with Crippen LogP contribution in [0.25, 0.3) is 0 Å². The molecule has 4 nitrogen and oxygen atoms in total. The highest BCUT2D eigenvalue weighted by Gasteiger charge is 2.21. The highest BCUT2D eigenvalue weighted by molar-refractivity contribution is 5.76.